The lowest BCUT2D eigenvalue weighted by atomic mass is 9.90. The molecule has 2 fully saturated rings. The van der Waals surface area contributed by atoms with E-state index in [1.54, 1.807) is 18.9 Å². The predicted molar refractivity (Wildman–Crippen MR) is 114 cm³/mol. The summed E-state index contributed by atoms with van der Waals surface area (Å²) in [5.41, 5.74) is 3.78. The lowest BCUT2D eigenvalue weighted by Crippen LogP contribution is -2.54. The first-order valence-corrected chi connectivity index (χ1v) is 11.5. The first kappa shape index (κ1) is 21.9. The van der Waals surface area contributed by atoms with Crippen molar-refractivity contribution >= 4 is 23.1 Å². The summed E-state index contributed by atoms with van der Waals surface area (Å²) in [5.74, 6) is 6.18. The minimum Gasteiger partial charge on any atom is -0.597 e. The van der Waals surface area contributed by atoms with Gasteiger partial charge in [0.05, 0.1) is 26.2 Å². The van der Waals surface area contributed by atoms with Gasteiger partial charge in [0.1, 0.15) is 5.75 Å². The van der Waals surface area contributed by atoms with Gasteiger partial charge in [-0.1, -0.05) is 18.7 Å². The number of piperazine rings is 1. The Morgan fingerprint density at radius 1 is 1.25 bits per heavy atom. The van der Waals surface area contributed by atoms with Gasteiger partial charge >= 0.3 is 0 Å². The van der Waals surface area contributed by atoms with E-state index in [1.165, 1.54) is 0 Å². The number of hydrogen-bond acceptors (Lipinski definition) is 8. The topological polar surface area (TPSA) is 86.0 Å². The van der Waals surface area contributed by atoms with Gasteiger partial charge in [0.15, 0.2) is 5.25 Å². The van der Waals surface area contributed by atoms with E-state index in [1.807, 2.05) is 24.3 Å². The van der Waals surface area contributed by atoms with Crippen molar-refractivity contribution in [3.05, 3.63) is 36.4 Å². The number of nitrogens with two attached hydrogens (primary N) is 1. The predicted octanol–water partition coefficient (Wildman–Crippen LogP) is 1.55. The Balaban J connectivity index is 1.70. The zero-order chi connectivity index (χ0) is 20.1. The maximum absolute atomic E-state index is 13.2. The van der Waals surface area contributed by atoms with Crippen LogP contribution in [-0.2, 0) is 16.3 Å². The maximum Gasteiger partial charge on any atom is 0.158 e. The van der Waals surface area contributed by atoms with Crippen molar-refractivity contribution < 1.29 is 14.2 Å². The van der Waals surface area contributed by atoms with Gasteiger partial charge in [0, 0.05) is 41.0 Å². The van der Waals surface area contributed by atoms with Crippen LogP contribution < -0.4 is 16.1 Å². The number of hydrogen-bond donors (Lipinski definition) is 2. The molecule has 1 saturated carbocycles. The van der Waals surface area contributed by atoms with Gasteiger partial charge in [-0.2, -0.15) is 11.4 Å². The molecule has 1 aliphatic heterocycles. The molecule has 1 aliphatic carbocycles. The molecule has 0 amide bonds. The molecule has 4 atom stereocenters. The van der Waals surface area contributed by atoms with Crippen LogP contribution >= 0.6 is 11.8 Å². The summed E-state index contributed by atoms with van der Waals surface area (Å²) in [6.45, 7) is 7.79. The van der Waals surface area contributed by atoms with Crippen molar-refractivity contribution in [3.63, 3.8) is 0 Å². The first-order chi connectivity index (χ1) is 13.5. The molecule has 3 rings (SSSR count). The molecule has 0 bridgehead atoms. The lowest BCUT2D eigenvalue weighted by Gasteiger charge is -2.41. The summed E-state index contributed by atoms with van der Waals surface area (Å²) in [5, 5.41) is 0.0682. The molecule has 28 heavy (non-hydrogen) atoms. The molecule has 9 heteroatoms. The molecule has 3 N–H and O–H groups in total. The van der Waals surface area contributed by atoms with Crippen LogP contribution in [0.1, 0.15) is 12.8 Å². The molecular formula is C19H30N4O3S2. The van der Waals surface area contributed by atoms with Crippen LogP contribution in [0.2, 0.25) is 0 Å². The maximum atomic E-state index is 13.2. The van der Waals surface area contributed by atoms with E-state index < -0.39 is 11.4 Å². The molecule has 4 unspecified atom stereocenters. The van der Waals surface area contributed by atoms with Crippen molar-refractivity contribution in [2.24, 2.45) is 5.90 Å². The van der Waals surface area contributed by atoms with Crippen LogP contribution in [0, 0.1) is 0 Å². The number of nitrogens with one attached hydrogen (secondary N) is 1. The average Bonchev–Trinajstić information content (AvgIpc) is 2.71. The zero-order valence-corrected chi connectivity index (χ0v) is 18.1. The second-order valence-corrected chi connectivity index (χ2v) is 10.1. The molecule has 1 heterocycles. The molecule has 1 aromatic carbocycles. The Morgan fingerprint density at radius 3 is 2.64 bits per heavy atom. The smallest absolute Gasteiger partial charge is 0.158 e. The van der Waals surface area contributed by atoms with Gasteiger partial charge in [-0.25, -0.2) is 4.94 Å². The van der Waals surface area contributed by atoms with Crippen LogP contribution in [0.3, 0.4) is 0 Å². The third-order valence-electron chi connectivity index (χ3n) is 5.40. The molecule has 0 spiro atoms. The summed E-state index contributed by atoms with van der Waals surface area (Å²) in [4.78, 5) is 8.11. The molecule has 7 nitrogen and oxygen atoms in total. The molecule has 0 aromatic heterocycles. The van der Waals surface area contributed by atoms with Crippen molar-refractivity contribution in [1.29, 1.82) is 0 Å². The van der Waals surface area contributed by atoms with Crippen molar-refractivity contribution in [2.45, 2.75) is 34.3 Å². The van der Waals surface area contributed by atoms with E-state index in [2.05, 4.69) is 28.3 Å². The monoisotopic (exact) mass is 426 g/mol. The fourth-order valence-electron chi connectivity index (χ4n) is 3.72. The van der Waals surface area contributed by atoms with Gasteiger partial charge in [-0.05, 0) is 31.2 Å². The standard InChI is InChI=1S/C19H30N4O3S2/c1-14-18(28(24)23-12-10-22(2)11-13-23)9-8-17(19(14)21-26-20)27-16-7-5-4-6-15(16)25-3/h4-7,17-19,21H,1,8-13,20H2,2-3H3. The minimum atomic E-state index is -1.09. The molecule has 1 aromatic rings. The van der Waals surface area contributed by atoms with Gasteiger partial charge < -0.3 is 14.2 Å². The number of para-hydroxylation sites is 1. The van der Waals surface area contributed by atoms with E-state index >= 15 is 0 Å². The molecule has 2 aliphatic rings. The van der Waals surface area contributed by atoms with Crippen LogP contribution in [0.15, 0.2) is 41.3 Å². The van der Waals surface area contributed by atoms with Gasteiger partial charge in [0.25, 0.3) is 0 Å². The Kier molecular flexibility index (Phi) is 8.07. The zero-order valence-electron chi connectivity index (χ0n) is 16.5. The Hall–Kier alpha value is -0.780. The normalized spacial score (nSPS) is 28.3. The highest BCUT2D eigenvalue weighted by atomic mass is 32.2. The van der Waals surface area contributed by atoms with E-state index in [0.29, 0.717) is 0 Å². The van der Waals surface area contributed by atoms with E-state index in [9.17, 15) is 4.55 Å². The summed E-state index contributed by atoms with van der Waals surface area (Å²) >= 11 is 0.621. The van der Waals surface area contributed by atoms with Crippen molar-refractivity contribution in [3.8, 4) is 5.75 Å². The highest BCUT2D eigenvalue weighted by Crippen LogP contribution is 2.41. The van der Waals surface area contributed by atoms with E-state index in [0.717, 1.165) is 55.2 Å². The van der Waals surface area contributed by atoms with E-state index in [4.69, 9.17) is 15.6 Å². The minimum absolute atomic E-state index is 0.0921. The highest BCUT2D eigenvalue weighted by Gasteiger charge is 2.43. The quantitative estimate of drug-likeness (QED) is 0.386. The molecule has 0 radical (unpaired) electrons. The van der Waals surface area contributed by atoms with Crippen molar-refractivity contribution in [1.82, 2.24) is 14.7 Å². The fourth-order valence-corrected chi connectivity index (χ4v) is 6.71. The molecule has 1 saturated heterocycles. The molecule has 156 valence electrons. The third-order valence-corrected chi connectivity index (χ3v) is 8.70. The fraction of sp³-hybridized carbons (Fsp3) is 0.579. The lowest BCUT2D eigenvalue weighted by molar-refractivity contribution is 0.0196. The van der Waals surface area contributed by atoms with Gasteiger partial charge in [-0.3, -0.25) is 0 Å². The SMILES string of the molecule is C=C1C(NON)C(Sc2ccccc2OC)CCC1[S+]([O-])N1CCN(C)CC1. The first-order valence-electron chi connectivity index (χ1n) is 9.49. The number of hydroxylamine groups is 1. The number of methoxy groups -OCH3 is 1. The number of thioether (sulfide) groups is 1. The Bertz CT molecular complexity index is 658. The number of ether oxygens (including phenoxy) is 1. The summed E-state index contributed by atoms with van der Waals surface area (Å²) in [6.07, 6.45) is 1.71. The second-order valence-electron chi connectivity index (χ2n) is 7.17. The highest BCUT2D eigenvalue weighted by molar-refractivity contribution is 8.00. The Morgan fingerprint density at radius 2 is 1.96 bits per heavy atom. The molecular weight excluding hydrogens is 396 g/mol. The van der Waals surface area contributed by atoms with Crippen molar-refractivity contribution in [2.75, 3.05) is 40.3 Å². The van der Waals surface area contributed by atoms with Crippen LogP contribution in [-0.4, -0.2) is 70.6 Å². The number of nitrogens with zero attached hydrogens (tertiary/aromatic N) is 2. The average molecular weight is 427 g/mol. The van der Waals surface area contributed by atoms with E-state index in [-0.39, 0.29) is 16.5 Å². The van der Waals surface area contributed by atoms with Crippen LogP contribution in [0.5, 0.6) is 5.75 Å². The number of rotatable bonds is 7. The summed E-state index contributed by atoms with van der Waals surface area (Å²) in [7, 11) is 3.77. The summed E-state index contributed by atoms with van der Waals surface area (Å²) < 4.78 is 20.8. The number of benzene rings is 1. The summed E-state index contributed by atoms with van der Waals surface area (Å²) in [6, 6.07) is 7.76. The van der Waals surface area contributed by atoms with Gasteiger partial charge in [0.2, 0.25) is 0 Å². The van der Waals surface area contributed by atoms with Crippen LogP contribution in [0.4, 0.5) is 0 Å². The third kappa shape index (κ3) is 5.03. The second kappa shape index (κ2) is 10.3. The largest absolute Gasteiger partial charge is 0.597 e. The Labute approximate surface area is 174 Å². The number of likely N-dealkylation sites (N-methyl/N-ethyl adjacent to an activating group) is 1. The van der Waals surface area contributed by atoms with Crippen LogP contribution in [0.25, 0.3) is 0 Å². The van der Waals surface area contributed by atoms with Gasteiger partial charge in [-0.15, -0.1) is 16.1 Å².